The van der Waals surface area contributed by atoms with Crippen molar-refractivity contribution >= 4 is 23.3 Å². The van der Waals surface area contributed by atoms with Crippen LogP contribution in [0.3, 0.4) is 0 Å². The Morgan fingerprint density at radius 1 is 1.57 bits per heavy atom. The molecule has 3 N–H and O–H groups in total. The van der Waals surface area contributed by atoms with E-state index in [0.717, 1.165) is 11.5 Å². The molecule has 0 amide bonds. The van der Waals surface area contributed by atoms with Crippen LogP contribution in [0.5, 0.6) is 0 Å². The lowest BCUT2D eigenvalue weighted by Crippen LogP contribution is -2.25. The van der Waals surface area contributed by atoms with Gasteiger partial charge in [-0.05, 0) is 24.3 Å². The minimum absolute atomic E-state index is 0.549. The smallest absolute Gasteiger partial charge is 0.171 e. The molecule has 4 nitrogen and oxygen atoms in total. The Kier molecular flexibility index (Phi) is 2.86. The highest BCUT2D eigenvalue weighted by Gasteiger charge is 2.15. The van der Waals surface area contributed by atoms with Gasteiger partial charge in [0.25, 0.3) is 0 Å². The average molecular weight is 212 g/mol. The van der Waals surface area contributed by atoms with E-state index in [9.17, 15) is 0 Å². The zero-order valence-corrected chi connectivity index (χ0v) is 9.18. The Bertz CT molecular complexity index is 304. The number of nitrogens with zero attached hydrogens (tertiary/aromatic N) is 2. The summed E-state index contributed by atoms with van der Waals surface area (Å²) in [7, 11) is 1.89. The molecule has 1 saturated heterocycles. The van der Waals surface area contributed by atoms with Crippen LogP contribution in [0.4, 0.5) is 11.5 Å². The first-order valence-electron chi connectivity index (χ1n) is 4.89. The number of aromatic nitrogens is 2. The van der Waals surface area contributed by atoms with E-state index in [0.29, 0.717) is 6.04 Å². The molecule has 2 rings (SSSR count). The van der Waals surface area contributed by atoms with Gasteiger partial charge in [-0.3, -0.25) is 4.68 Å². The summed E-state index contributed by atoms with van der Waals surface area (Å²) in [5.41, 5.74) is 6.55. The fourth-order valence-electron chi connectivity index (χ4n) is 1.65. The first-order chi connectivity index (χ1) is 6.75. The highest BCUT2D eigenvalue weighted by Crippen LogP contribution is 2.22. The topological polar surface area (TPSA) is 55.9 Å². The number of hydrogen-bond acceptors (Lipinski definition) is 4. The zero-order chi connectivity index (χ0) is 9.97. The second kappa shape index (κ2) is 4.13. The van der Waals surface area contributed by atoms with Gasteiger partial charge in [0.15, 0.2) is 5.82 Å². The number of aryl methyl sites for hydroxylation is 1. The summed E-state index contributed by atoms with van der Waals surface area (Å²) in [6.45, 7) is 0. The van der Waals surface area contributed by atoms with Crippen molar-refractivity contribution in [3.8, 4) is 0 Å². The molecule has 2 heterocycles. The average Bonchev–Trinajstić information content (AvgIpc) is 2.47. The van der Waals surface area contributed by atoms with E-state index in [4.69, 9.17) is 5.73 Å². The zero-order valence-electron chi connectivity index (χ0n) is 8.36. The van der Waals surface area contributed by atoms with E-state index in [1.165, 1.54) is 24.3 Å². The second-order valence-electron chi connectivity index (χ2n) is 3.64. The van der Waals surface area contributed by atoms with E-state index >= 15 is 0 Å². The van der Waals surface area contributed by atoms with E-state index in [-0.39, 0.29) is 0 Å². The summed E-state index contributed by atoms with van der Waals surface area (Å²) in [5.74, 6) is 3.32. The Morgan fingerprint density at radius 2 is 2.29 bits per heavy atom. The molecule has 0 aromatic carbocycles. The number of nitrogen functional groups attached to an aromatic ring is 1. The SMILES string of the molecule is Cn1cc(N)c(NC2CCSCC2)n1. The minimum atomic E-state index is 0.549. The van der Waals surface area contributed by atoms with Crippen LogP contribution < -0.4 is 11.1 Å². The van der Waals surface area contributed by atoms with Crippen molar-refractivity contribution in [2.24, 2.45) is 7.05 Å². The van der Waals surface area contributed by atoms with Crippen molar-refractivity contribution in [3.63, 3.8) is 0 Å². The lowest BCUT2D eigenvalue weighted by atomic mass is 10.1. The van der Waals surface area contributed by atoms with Gasteiger partial charge in [0.2, 0.25) is 0 Å². The van der Waals surface area contributed by atoms with E-state index in [1.807, 2.05) is 25.0 Å². The normalized spacial score (nSPS) is 18.4. The van der Waals surface area contributed by atoms with Crippen LogP contribution in [-0.2, 0) is 7.05 Å². The predicted octanol–water partition coefficient (Wildman–Crippen LogP) is 1.31. The molecule has 0 spiro atoms. The van der Waals surface area contributed by atoms with Crippen molar-refractivity contribution in [3.05, 3.63) is 6.20 Å². The van der Waals surface area contributed by atoms with Gasteiger partial charge in [-0.25, -0.2) is 0 Å². The van der Waals surface area contributed by atoms with E-state index < -0.39 is 0 Å². The van der Waals surface area contributed by atoms with Gasteiger partial charge in [-0.15, -0.1) is 0 Å². The van der Waals surface area contributed by atoms with E-state index in [2.05, 4.69) is 10.4 Å². The highest BCUT2D eigenvalue weighted by molar-refractivity contribution is 7.99. The molecular formula is C9H16N4S. The summed E-state index contributed by atoms with van der Waals surface area (Å²) in [5, 5.41) is 7.68. The van der Waals surface area contributed by atoms with Crippen LogP contribution >= 0.6 is 11.8 Å². The predicted molar refractivity (Wildman–Crippen MR) is 61.6 cm³/mol. The van der Waals surface area contributed by atoms with Gasteiger partial charge in [-0.1, -0.05) is 0 Å². The van der Waals surface area contributed by atoms with Gasteiger partial charge in [0, 0.05) is 19.3 Å². The molecule has 0 saturated carbocycles. The van der Waals surface area contributed by atoms with Crippen molar-refractivity contribution in [2.75, 3.05) is 22.6 Å². The van der Waals surface area contributed by atoms with Crippen LogP contribution in [0.2, 0.25) is 0 Å². The van der Waals surface area contributed by atoms with Gasteiger partial charge in [0.05, 0.1) is 5.69 Å². The molecule has 1 aromatic rings. The maximum atomic E-state index is 5.81. The Balaban J connectivity index is 1.98. The van der Waals surface area contributed by atoms with Crippen molar-refractivity contribution < 1.29 is 0 Å². The van der Waals surface area contributed by atoms with Crippen LogP contribution in [0, 0.1) is 0 Å². The number of rotatable bonds is 2. The monoisotopic (exact) mass is 212 g/mol. The summed E-state index contributed by atoms with van der Waals surface area (Å²) in [6.07, 6.45) is 4.25. The lowest BCUT2D eigenvalue weighted by Gasteiger charge is -2.22. The molecular weight excluding hydrogens is 196 g/mol. The molecule has 0 bridgehead atoms. The summed E-state index contributed by atoms with van der Waals surface area (Å²) in [4.78, 5) is 0. The Labute approximate surface area is 88.2 Å². The quantitative estimate of drug-likeness (QED) is 0.776. The van der Waals surface area contributed by atoms with Gasteiger partial charge in [-0.2, -0.15) is 16.9 Å². The van der Waals surface area contributed by atoms with E-state index in [1.54, 1.807) is 4.68 Å². The van der Waals surface area contributed by atoms with Crippen molar-refractivity contribution in [1.82, 2.24) is 9.78 Å². The maximum Gasteiger partial charge on any atom is 0.171 e. The fraction of sp³-hybridized carbons (Fsp3) is 0.667. The molecule has 1 aromatic heterocycles. The lowest BCUT2D eigenvalue weighted by molar-refractivity contribution is 0.658. The molecule has 1 aliphatic heterocycles. The number of nitrogens with two attached hydrogens (primary N) is 1. The third kappa shape index (κ3) is 2.15. The molecule has 1 aliphatic rings. The maximum absolute atomic E-state index is 5.81. The second-order valence-corrected chi connectivity index (χ2v) is 4.86. The molecule has 0 unspecified atom stereocenters. The Hall–Kier alpha value is -0.840. The van der Waals surface area contributed by atoms with Crippen LogP contribution in [0.1, 0.15) is 12.8 Å². The minimum Gasteiger partial charge on any atom is -0.394 e. The molecule has 0 aliphatic carbocycles. The largest absolute Gasteiger partial charge is 0.394 e. The molecule has 0 atom stereocenters. The standard InChI is InChI=1S/C9H16N4S/c1-13-6-8(10)9(12-13)11-7-2-4-14-5-3-7/h6-7H,2-5,10H2,1H3,(H,11,12). The number of nitrogens with one attached hydrogen (secondary N) is 1. The molecule has 5 heteroatoms. The number of thioether (sulfide) groups is 1. The third-order valence-corrected chi connectivity index (χ3v) is 3.47. The van der Waals surface area contributed by atoms with Crippen molar-refractivity contribution in [2.45, 2.75) is 18.9 Å². The van der Waals surface area contributed by atoms with Crippen LogP contribution in [0.15, 0.2) is 6.20 Å². The van der Waals surface area contributed by atoms with Gasteiger partial charge < -0.3 is 11.1 Å². The summed E-state index contributed by atoms with van der Waals surface area (Å²) >= 11 is 2.02. The molecule has 0 radical (unpaired) electrons. The molecule has 14 heavy (non-hydrogen) atoms. The molecule has 1 fully saturated rings. The third-order valence-electron chi connectivity index (χ3n) is 2.42. The Morgan fingerprint density at radius 3 is 2.86 bits per heavy atom. The number of anilines is 2. The first kappa shape index (κ1) is 9.71. The van der Waals surface area contributed by atoms with Crippen LogP contribution in [-0.4, -0.2) is 27.3 Å². The highest BCUT2D eigenvalue weighted by atomic mass is 32.2. The fourth-order valence-corrected chi connectivity index (χ4v) is 2.76. The molecule has 78 valence electrons. The number of hydrogen-bond donors (Lipinski definition) is 2. The van der Waals surface area contributed by atoms with Gasteiger partial charge in [0.1, 0.15) is 0 Å². The summed E-state index contributed by atoms with van der Waals surface area (Å²) < 4.78 is 1.75. The van der Waals surface area contributed by atoms with Crippen LogP contribution in [0.25, 0.3) is 0 Å². The first-order valence-corrected chi connectivity index (χ1v) is 6.04. The van der Waals surface area contributed by atoms with Crippen molar-refractivity contribution in [1.29, 1.82) is 0 Å². The summed E-state index contributed by atoms with van der Waals surface area (Å²) in [6, 6.07) is 0.549. The van der Waals surface area contributed by atoms with Gasteiger partial charge >= 0.3 is 0 Å².